The van der Waals surface area contributed by atoms with Crippen molar-refractivity contribution >= 4 is 0 Å². The fourth-order valence-electron chi connectivity index (χ4n) is 2.86. The maximum Gasteiger partial charge on any atom is -0.00775 e. The molecule has 1 N–H and O–H groups in total. The molecule has 17 heavy (non-hydrogen) atoms. The highest BCUT2D eigenvalue weighted by Crippen LogP contribution is 2.37. The Balaban J connectivity index is 0. The van der Waals surface area contributed by atoms with Gasteiger partial charge in [0.25, 0.3) is 0 Å². The van der Waals surface area contributed by atoms with Crippen molar-refractivity contribution in [1.82, 2.24) is 5.32 Å². The summed E-state index contributed by atoms with van der Waals surface area (Å²) in [6, 6.07) is 0. The molecule has 0 aromatic rings. The first-order valence-corrected chi connectivity index (χ1v) is 7.24. The lowest BCUT2D eigenvalue weighted by atomic mass is 9.72. The molecule has 0 saturated carbocycles. The van der Waals surface area contributed by atoms with Gasteiger partial charge in [-0.25, -0.2) is 0 Å². The van der Waals surface area contributed by atoms with Crippen LogP contribution in [0.4, 0.5) is 0 Å². The second kappa shape index (κ2) is 8.97. The summed E-state index contributed by atoms with van der Waals surface area (Å²) in [6.45, 7) is 22.8. The molecule has 1 nitrogen and oxygen atoms in total. The Morgan fingerprint density at radius 1 is 0.882 bits per heavy atom. The van der Waals surface area contributed by atoms with Crippen molar-refractivity contribution in [3.63, 3.8) is 0 Å². The average Bonchev–Trinajstić information content (AvgIpc) is 1.98. The molecule has 0 spiro atoms. The molecule has 0 rings (SSSR count). The zero-order valence-electron chi connectivity index (χ0n) is 13.9. The lowest BCUT2D eigenvalue weighted by molar-refractivity contribution is 0.179. The third-order valence-electron chi connectivity index (χ3n) is 2.47. The summed E-state index contributed by atoms with van der Waals surface area (Å²) in [6.07, 6.45) is 2.66. The monoisotopic (exact) mass is 243 g/mol. The summed E-state index contributed by atoms with van der Waals surface area (Å²) in [7, 11) is 0. The van der Waals surface area contributed by atoms with Crippen molar-refractivity contribution in [3.05, 3.63) is 0 Å². The second-order valence-electron chi connectivity index (χ2n) is 7.46. The summed E-state index contributed by atoms with van der Waals surface area (Å²) < 4.78 is 0. The van der Waals surface area contributed by atoms with Gasteiger partial charge in [0, 0.05) is 0 Å². The SMILES string of the molecule is CC(C)CC(C)(C)CC(C)(C)C.CCNCC. The van der Waals surface area contributed by atoms with E-state index < -0.39 is 0 Å². The van der Waals surface area contributed by atoms with Gasteiger partial charge in [0.05, 0.1) is 0 Å². The summed E-state index contributed by atoms with van der Waals surface area (Å²) in [4.78, 5) is 0. The van der Waals surface area contributed by atoms with E-state index >= 15 is 0 Å². The van der Waals surface area contributed by atoms with Crippen LogP contribution in [0, 0.1) is 16.7 Å². The lowest BCUT2D eigenvalue weighted by Gasteiger charge is -2.33. The van der Waals surface area contributed by atoms with Gasteiger partial charge >= 0.3 is 0 Å². The minimum absolute atomic E-state index is 0.471. The standard InChI is InChI=1S/C12H26.C4H11N/c1-10(2)8-12(6,7)9-11(3,4)5;1-3-5-4-2/h10H,8-9H2,1-7H3;5H,3-4H2,1-2H3. The fraction of sp³-hybridized carbons (Fsp3) is 1.00. The number of nitrogens with one attached hydrogen (secondary N) is 1. The highest BCUT2D eigenvalue weighted by molar-refractivity contribution is 4.77. The Morgan fingerprint density at radius 2 is 1.29 bits per heavy atom. The molecule has 0 aliphatic heterocycles. The van der Waals surface area contributed by atoms with Gasteiger partial charge in [-0.15, -0.1) is 0 Å². The van der Waals surface area contributed by atoms with E-state index in [-0.39, 0.29) is 0 Å². The molecule has 0 aromatic heterocycles. The van der Waals surface area contributed by atoms with Crippen LogP contribution >= 0.6 is 0 Å². The van der Waals surface area contributed by atoms with Gasteiger partial charge in [-0.1, -0.05) is 62.3 Å². The summed E-state index contributed by atoms with van der Waals surface area (Å²) >= 11 is 0. The average molecular weight is 243 g/mol. The van der Waals surface area contributed by atoms with Crippen LogP contribution in [0.5, 0.6) is 0 Å². The highest BCUT2D eigenvalue weighted by Gasteiger charge is 2.25. The van der Waals surface area contributed by atoms with Crippen LogP contribution in [-0.4, -0.2) is 13.1 Å². The predicted octanol–water partition coefficient (Wildman–Crippen LogP) is 5.11. The first kappa shape index (κ1) is 19.3. The normalized spacial score (nSPS) is 12.4. The van der Waals surface area contributed by atoms with E-state index in [0.29, 0.717) is 10.8 Å². The third-order valence-corrected chi connectivity index (χ3v) is 2.47. The fourth-order valence-corrected chi connectivity index (χ4v) is 2.86. The third kappa shape index (κ3) is 18.5. The quantitative estimate of drug-likeness (QED) is 0.707. The van der Waals surface area contributed by atoms with Crippen molar-refractivity contribution in [2.24, 2.45) is 16.7 Å². The van der Waals surface area contributed by atoms with Gasteiger partial charge in [0.2, 0.25) is 0 Å². The lowest BCUT2D eigenvalue weighted by Crippen LogP contribution is -2.22. The van der Waals surface area contributed by atoms with E-state index in [1.165, 1.54) is 12.8 Å². The molecular weight excluding hydrogens is 206 g/mol. The van der Waals surface area contributed by atoms with Crippen molar-refractivity contribution < 1.29 is 0 Å². The minimum atomic E-state index is 0.471. The number of hydrogen-bond donors (Lipinski definition) is 1. The Kier molecular flexibility index (Phi) is 10.2. The molecule has 0 bridgehead atoms. The van der Waals surface area contributed by atoms with Gasteiger partial charge in [-0.3, -0.25) is 0 Å². The topological polar surface area (TPSA) is 12.0 Å². The van der Waals surface area contributed by atoms with Crippen molar-refractivity contribution in [2.75, 3.05) is 13.1 Å². The zero-order chi connectivity index (χ0) is 14.1. The molecule has 0 amide bonds. The zero-order valence-corrected chi connectivity index (χ0v) is 13.9. The van der Waals surface area contributed by atoms with E-state index in [1.54, 1.807) is 0 Å². The molecule has 0 saturated heterocycles. The van der Waals surface area contributed by atoms with E-state index in [4.69, 9.17) is 0 Å². The van der Waals surface area contributed by atoms with E-state index in [0.717, 1.165) is 19.0 Å². The summed E-state index contributed by atoms with van der Waals surface area (Å²) in [5.74, 6) is 0.822. The molecule has 0 aliphatic carbocycles. The van der Waals surface area contributed by atoms with Crippen molar-refractivity contribution in [1.29, 1.82) is 0 Å². The molecule has 0 aliphatic rings. The van der Waals surface area contributed by atoms with Crippen LogP contribution in [0.25, 0.3) is 0 Å². The maximum atomic E-state index is 3.11. The van der Waals surface area contributed by atoms with Gasteiger partial charge in [-0.2, -0.15) is 0 Å². The van der Waals surface area contributed by atoms with Gasteiger partial charge in [0.15, 0.2) is 0 Å². The Morgan fingerprint density at radius 3 is 1.47 bits per heavy atom. The van der Waals surface area contributed by atoms with Gasteiger partial charge < -0.3 is 5.32 Å². The minimum Gasteiger partial charge on any atom is -0.317 e. The van der Waals surface area contributed by atoms with E-state index in [1.807, 2.05) is 0 Å². The molecule has 0 fully saturated rings. The van der Waals surface area contributed by atoms with Crippen LogP contribution in [-0.2, 0) is 0 Å². The molecule has 0 unspecified atom stereocenters. The van der Waals surface area contributed by atoms with Crippen LogP contribution in [0.3, 0.4) is 0 Å². The predicted molar refractivity (Wildman–Crippen MR) is 81.5 cm³/mol. The first-order chi connectivity index (χ1) is 7.54. The van der Waals surface area contributed by atoms with E-state index in [9.17, 15) is 0 Å². The Hall–Kier alpha value is -0.0400. The van der Waals surface area contributed by atoms with Crippen LogP contribution in [0.1, 0.15) is 75.2 Å². The molecular formula is C16H37N. The molecule has 0 aromatic carbocycles. The Bertz CT molecular complexity index is 161. The van der Waals surface area contributed by atoms with Crippen LogP contribution in [0.2, 0.25) is 0 Å². The van der Waals surface area contributed by atoms with Crippen LogP contribution in [0.15, 0.2) is 0 Å². The molecule has 1 heteroatoms. The largest absolute Gasteiger partial charge is 0.317 e. The van der Waals surface area contributed by atoms with Crippen LogP contribution < -0.4 is 5.32 Å². The summed E-state index contributed by atoms with van der Waals surface area (Å²) in [5, 5.41) is 3.11. The molecule has 106 valence electrons. The first-order valence-electron chi connectivity index (χ1n) is 7.24. The smallest absolute Gasteiger partial charge is 0.00775 e. The van der Waals surface area contributed by atoms with Gasteiger partial charge in [-0.05, 0) is 42.7 Å². The number of hydrogen-bond acceptors (Lipinski definition) is 1. The molecule has 0 radical (unpaired) electrons. The van der Waals surface area contributed by atoms with Crippen molar-refractivity contribution in [3.8, 4) is 0 Å². The summed E-state index contributed by atoms with van der Waals surface area (Å²) in [5.41, 5.74) is 0.977. The highest BCUT2D eigenvalue weighted by atomic mass is 14.8. The van der Waals surface area contributed by atoms with Crippen molar-refractivity contribution in [2.45, 2.75) is 75.2 Å². The Labute approximate surface area is 111 Å². The molecule has 0 heterocycles. The second-order valence-corrected chi connectivity index (χ2v) is 7.46. The van der Waals surface area contributed by atoms with Gasteiger partial charge in [0.1, 0.15) is 0 Å². The van der Waals surface area contributed by atoms with E-state index in [2.05, 4.69) is 67.6 Å². The number of rotatable bonds is 5. The maximum absolute atomic E-state index is 3.11. The molecule has 0 atom stereocenters.